The smallest absolute Gasteiger partial charge is 0.0500 e. The second-order valence-corrected chi connectivity index (χ2v) is 7.10. The topological polar surface area (TPSA) is 38.7 Å². The fourth-order valence-corrected chi connectivity index (χ4v) is 3.64. The highest BCUT2D eigenvalue weighted by Gasteiger charge is 2.35. The molecule has 1 saturated heterocycles. The van der Waals surface area contributed by atoms with Gasteiger partial charge in [0.1, 0.15) is 0 Å². The number of aliphatic hydroxyl groups excluding tert-OH is 1. The highest BCUT2D eigenvalue weighted by atomic mass is 16.3. The highest BCUT2D eigenvalue weighted by molar-refractivity contribution is 5.48. The molecule has 130 valence electrons. The van der Waals surface area contributed by atoms with E-state index in [2.05, 4.69) is 67.1 Å². The monoisotopic (exact) mass is 319 g/mol. The lowest BCUT2D eigenvalue weighted by Gasteiger charge is -2.43. The van der Waals surface area contributed by atoms with Gasteiger partial charge < -0.3 is 15.3 Å². The molecule has 4 heteroatoms. The Hall–Kier alpha value is -1.10. The van der Waals surface area contributed by atoms with Crippen molar-refractivity contribution in [2.24, 2.45) is 5.41 Å². The van der Waals surface area contributed by atoms with Gasteiger partial charge in [-0.25, -0.2) is 0 Å². The first-order chi connectivity index (χ1) is 11.0. The van der Waals surface area contributed by atoms with Gasteiger partial charge in [-0.15, -0.1) is 0 Å². The van der Waals surface area contributed by atoms with Gasteiger partial charge in [0.05, 0.1) is 0 Å². The Kier molecular flexibility index (Phi) is 6.45. The van der Waals surface area contributed by atoms with Gasteiger partial charge >= 0.3 is 0 Å². The Labute approximate surface area is 141 Å². The van der Waals surface area contributed by atoms with E-state index >= 15 is 0 Å². The molecule has 0 spiro atoms. The van der Waals surface area contributed by atoms with E-state index in [1.165, 1.54) is 11.3 Å². The molecule has 23 heavy (non-hydrogen) atoms. The predicted molar refractivity (Wildman–Crippen MR) is 98.1 cm³/mol. The van der Waals surface area contributed by atoms with Gasteiger partial charge in [-0.05, 0) is 31.5 Å². The molecular formula is C19H33N3O. The van der Waals surface area contributed by atoms with Crippen LogP contribution in [-0.2, 0) is 0 Å². The Bertz CT molecular complexity index is 462. The van der Waals surface area contributed by atoms with Gasteiger partial charge in [-0.3, -0.25) is 4.90 Å². The van der Waals surface area contributed by atoms with Crippen molar-refractivity contribution in [1.29, 1.82) is 0 Å². The SMILES string of the molecule is CCN(CC)c1ccc([C@@H](N2CCNCC2)C(C)(C)CO)cc1. The number of hydrogen-bond donors (Lipinski definition) is 2. The van der Waals surface area contributed by atoms with Gasteiger partial charge in [0.15, 0.2) is 0 Å². The Morgan fingerprint density at radius 2 is 1.70 bits per heavy atom. The van der Waals surface area contributed by atoms with Crippen LogP contribution in [0.4, 0.5) is 5.69 Å². The molecule has 1 aliphatic rings. The normalized spacial score (nSPS) is 18.0. The Morgan fingerprint density at radius 3 is 2.17 bits per heavy atom. The summed E-state index contributed by atoms with van der Waals surface area (Å²) in [7, 11) is 0. The average Bonchev–Trinajstić information content (AvgIpc) is 2.58. The Morgan fingerprint density at radius 1 is 1.13 bits per heavy atom. The Balaban J connectivity index is 2.28. The van der Waals surface area contributed by atoms with E-state index in [9.17, 15) is 5.11 Å². The molecule has 0 amide bonds. The minimum Gasteiger partial charge on any atom is -0.396 e. The predicted octanol–water partition coefficient (Wildman–Crippen LogP) is 2.50. The van der Waals surface area contributed by atoms with Crippen LogP contribution in [0.3, 0.4) is 0 Å². The van der Waals surface area contributed by atoms with Crippen LogP contribution in [-0.4, -0.2) is 55.9 Å². The van der Waals surface area contributed by atoms with Crippen LogP contribution in [0.2, 0.25) is 0 Å². The zero-order chi connectivity index (χ0) is 16.9. The van der Waals surface area contributed by atoms with Gasteiger partial charge in [0.25, 0.3) is 0 Å². The zero-order valence-corrected chi connectivity index (χ0v) is 15.2. The van der Waals surface area contributed by atoms with Crippen molar-refractivity contribution >= 4 is 5.69 Å². The largest absolute Gasteiger partial charge is 0.396 e. The first kappa shape index (κ1) is 18.2. The zero-order valence-electron chi connectivity index (χ0n) is 15.2. The third-order valence-corrected chi connectivity index (χ3v) is 5.00. The van der Waals surface area contributed by atoms with E-state index in [1.807, 2.05) is 0 Å². The first-order valence-electron chi connectivity index (χ1n) is 8.94. The van der Waals surface area contributed by atoms with Crippen molar-refractivity contribution in [2.45, 2.75) is 33.7 Å². The molecule has 1 fully saturated rings. The van der Waals surface area contributed by atoms with Gasteiger partial charge in [-0.2, -0.15) is 0 Å². The van der Waals surface area contributed by atoms with Crippen LogP contribution in [0.25, 0.3) is 0 Å². The standard InChI is InChI=1S/C19H33N3O/c1-5-21(6-2)17-9-7-16(8-10-17)18(19(3,4)15-23)22-13-11-20-12-14-22/h7-10,18,20,23H,5-6,11-15H2,1-4H3/t18-/m1/s1. The van der Waals surface area contributed by atoms with Crippen LogP contribution < -0.4 is 10.2 Å². The maximum absolute atomic E-state index is 9.92. The van der Waals surface area contributed by atoms with Crippen LogP contribution in [0.15, 0.2) is 24.3 Å². The number of hydrogen-bond acceptors (Lipinski definition) is 4. The van der Waals surface area contributed by atoms with Gasteiger partial charge in [-0.1, -0.05) is 26.0 Å². The molecule has 1 aromatic rings. The summed E-state index contributed by atoms with van der Waals surface area (Å²) in [5.41, 5.74) is 2.43. The van der Waals surface area contributed by atoms with Crippen LogP contribution in [0.5, 0.6) is 0 Å². The molecule has 1 atom stereocenters. The van der Waals surface area contributed by atoms with Crippen LogP contribution in [0, 0.1) is 5.41 Å². The number of anilines is 1. The molecule has 2 N–H and O–H groups in total. The fraction of sp³-hybridized carbons (Fsp3) is 0.684. The molecule has 1 aromatic carbocycles. The first-order valence-corrected chi connectivity index (χ1v) is 8.94. The van der Waals surface area contributed by atoms with E-state index in [4.69, 9.17) is 0 Å². The quantitative estimate of drug-likeness (QED) is 0.810. The van der Waals surface area contributed by atoms with Crippen LogP contribution >= 0.6 is 0 Å². The summed E-state index contributed by atoms with van der Waals surface area (Å²) in [5, 5.41) is 13.3. The number of nitrogens with zero attached hydrogens (tertiary/aromatic N) is 2. The number of piperazine rings is 1. The van der Waals surface area contributed by atoms with Crippen molar-refractivity contribution in [3.63, 3.8) is 0 Å². The maximum Gasteiger partial charge on any atom is 0.0500 e. The minimum absolute atomic E-state index is 0.159. The second kappa shape index (κ2) is 8.13. The number of benzene rings is 1. The summed E-state index contributed by atoms with van der Waals surface area (Å²) >= 11 is 0. The molecule has 1 aliphatic heterocycles. The van der Waals surface area contributed by atoms with E-state index in [-0.39, 0.29) is 18.1 Å². The lowest BCUT2D eigenvalue weighted by molar-refractivity contribution is 0.0305. The van der Waals surface area contributed by atoms with E-state index in [1.54, 1.807) is 0 Å². The molecule has 4 nitrogen and oxygen atoms in total. The molecule has 0 bridgehead atoms. The summed E-state index contributed by atoms with van der Waals surface area (Å²) in [5.74, 6) is 0. The number of rotatable bonds is 7. The van der Waals surface area contributed by atoms with E-state index in [0.29, 0.717) is 0 Å². The van der Waals surface area contributed by atoms with Crippen LogP contribution in [0.1, 0.15) is 39.3 Å². The molecule has 0 unspecified atom stereocenters. The van der Waals surface area contributed by atoms with Crippen molar-refractivity contribution in [2.75, 3.05) is 50.8 Å². The average molecular weight is 319 g/mol. The van der Waals surface area contributed by atoms with Gasteiger partial charge in [0.2, 0.25) is 0 Å². The second-order valence-electron chi connectivity index (χ2n) is 7.10. The summed E-state index contributed by atoms with van der Waals surface area (Å²) in [6, 6.07) is 9.20. The van der Waals surface area contributed by atoms with Gasteiger partial charge in [0, 0.05) is 63.0 Å². The van der Waals surface area contributed by atoms with E-state index in [0.717, 1.165) is 39.3 Å². The third-order valence-electron chi connectivity index (χ3n) is 5.00. The van der Waals surface area contributed by atoms with Crippen molar-refractivity contribution in [3.05, 3.63) is 29.8 Å². The summed E-state index contributed by atoms with van der Waals surface area (Å²) in [4.78, 5) is 4.87. The summed E-state index contributed by atoms with van der Waals surface area (Å²) in [6.45, 7) is 15.1. The van der Waals surface area contributed by atoms with Crippen molar-refractivity contribution in [1.82, 2.24) is 10.2 Å². The lowest BCUT2D eigenvalue weighted by Crippen LogP contribution is -2.49. The molecule has 0 aliphatic carbocycles. The molecule has 0 saturated carbocycles. The maximum atomic E-state index is 9.92. The molecular weight excluding hydrogens is 286 g/mol. The fourth-order valence-electron chi connectivity index (χ4n) is 3.64. The number of nitrogens with one attached hydrogen (secondary N) is 1. The summed E-state index contributed by atoms with van der Waals surface area (Å²) < 4.78 is 0. The molecule has 0 aromatic heterocycles. The molecule has 2 rings (SSSR count). The highest BCUT2D eigenvalue weighted by Crippen LogP contribution is 2.38. The molecule has 1 heterocycles. The lowest BCUT2D eigenvalue weighted by atomic mass is 9.79. The van der Waals surface area contributed by atoms with Crippen molar-refractivity contribution in [3.8, 4) is 0 Å². The third kappa shape index (κ3) is 4.25. The molecule has 0 radical (unpaired) electrons. The van der Waals surface area contributed by atoms with Crippen molar-refractivity contribution < 1.29 is 5.11 Å². The number of aliphatic hydroxyl groups is 1. The van der Waals surface area contributed by atoms with E-state index < -0.39 is 0 Å². The minimum atomic E-state index is -0.159. The summed E-state index contributed by atoms with van der Waals surface area (Å²) in [6.07, 6.45) is 0.